The zero-order chi connectivity index (χ0) is 21.1. The number of aryl methyl sites for hydroxylation is 2. The monoisotopic (exact) mass is 423 g/mol. The van der Waals surface area contributed by atoms with Gasteiger partial charge in [0.15, 0.2) is 0 Å². The molecule has 2 aromatic heterocycles. The lowest BCUT2D eigenvalue weighted by atomic mass is 10.1. The van der Waals surface area contributed by atoms with E-state index in [1.54, 1.807) is 6.07 Å². The number of hydrogen-bond donors (Lipinski definition) is 0. The lowest BCUT2D eigenvalue weighted by molar-refractivity contribution is 0.0761. The number of pyridine rings is 1. The van der Waals surface area contributed by atoms with Crippen LogP contribution in [0.2, 0.25) is 5.02 Å². The van der Waals surface area contributed by atoms with E-state index in [1.807, 2.05) is 66.0 Å². The zero-order valence-electron chi connectivity index (χ0n) is 17.4. The fourth-order valence-electron chi connectivity index (χ4n) is 3.92. The molecule has 0 radical (unpaired) electrons. The molecule has 4 rings (SSSR count). The van der Waals surface area contributed by atoms with Crippen molar-refractivity contribution >= 4 is 17.5 Å². The van der Waals surface area contributed by atoms with Gasteiger partial charge in [-0.2, -0.15) is 5.10 Å². The SMILES string of the molecule is Cc1cc(C)n(-c2ccc(Cl)c(C(=O)N3CCCN(Cc4ccccn4)CC3)c2)n1. The van der Waals surface area contributed by atoms with Crippen LogP contribution in [0.5, 0.6) is 0 Å². The van der Waals surface area contributed by atoms with Gasteiger partial charge in [0.1, 0.15) is 0 Å². The number of amides is 1. The predicted octanol–water partition coefficient (Wildman–Crippen LogP) is 3.89. The van der Waals surface area contributed by atoms with Crippen LogP contribution in [0.3, 0.4) is 0 Å². The van der Waals surface area contributed by atoms with E-state index in [2.05, 4.69) is 15.0 Å². The van der Waals surface area contributed by atoms with E-state index < -0.39 is 0 Å². The first-order valence-corrected chi connectivity index (χ1v) is 10.6. The molecule has 0 unspecified atom stereocenters. The van der Waals surface area contributed by atoms with E-state index in [1.165, 1.54) is 0 Å². The second-order valence-electron chi connectivity index (χ2n) is 7.75. The second-order valence-corrected chi connectivity index (χ2v) is 8.15. The van der Waals surface area contributed by atoms with Crippen LogP contribution in [0, 0.1) is 13.8 Å². The third kappa shape index (κ3) is 4.55. The van der Waals surface area contributed by atoms with E-state index in [0.29, 0.717) is 17.1 Å². The third-order valence-corrected chi connectivity index (χ3v) is 5.75. The summed E-state index contributed by atoms with van der Waals surface area (Å²) in [5, 5.41) is 5.00. The van der Waals surface area contributed by atoms with Crippen LogP contribution >= 0.6 is 11.6 Å². The normalized spacial score (nSPS) is 15.2. The largest absolute Gasteiger partial charge is 0.337 e. The molecule has 1 amide bonds. The third-order valence-electron chi connectivity index (χ3n) is 5.42. The highest BCUT2D eigenvalue weighted by atomic mass is 35.5. The molecule has 3 aromatic rings. The average Bonchev–Trinajstić information content (AvgIpc) is 2.93. The Kier molecular flexibility index (Phi) is 6.16. The van der Waals surface area contributed by atoms with E-state index >= 15 is 0 Å². The minimum absolute atomic E-state index is 0.0249. The molecule has 1 aliphatic heterocycles. The summed E-state index contributed by atoms with van der Waals surface area (Å²) < 4.78 is 1.85. The Balaban J connectivity index is 1.49. The summed E-state index contributed by atoms with van der Waals surface area (Å²) >= 11 is 6.42. The van der Waals surface area contributed by atoms with Gasteiger partial charge in [0.05, 0.1) is 27.7 Å². The smallest absolute Gasteiger partial charge is 0.255 e. The molecular weight excluding hydrogens is 398 g/mol. The van der Waals surface area contributed by atoms with Gasteiger partial charge in [-0.05, 0) is 56.7 Å². The molecule has 0 spiro atoms. The maximum atomic E-state index is 13.3. The minimum Gasteiger partial charge on any atom is -0.337 e. The van der Waals surface area contributed by atoms with Crippen LogP contribution < -0.4 is 0 Å². The number of carbonyl (C=O) groups excluding carboxylic acids is 1. The number of aromatic nitrogens is 3. The Morgan fingerprint density at radius 3 is 2.67 bits per heavy atom. The topological polar surface area (TPSA) is 54.3 Å². The van der Waals surface area contributed by atoms with E-state index in [9.17, 15) is 4.79 Å². The highest BCUT2D eigenvalue weighted by Gasteiger charge is 2.23. The van der Waals surface area contributed by atoms with Crippen LogP contribution in [0.4, 0.5) is 0 Å². The molecule has 1 aromatic carbocycles. The number of halogens is 1. The van der Waals surface area contributed by atoms with Crippen LogP contribution in [-0.4, -0.2) is 56.7 Å². The van der Waals surface area contributed by atoms with Crippen molar-refractivity contribution in [2.24, 2.45) is 0 Å². The van der Waals surface area contributed by atoms with Gasteiger partial charge in [-0.1, -0.05) is 17.7 Å². The molecule has 3 heterocycles. The summed E-state index contributed by atoms with van der Waals surface area (Å²) in [6.07, 6.45) is 2.74. The van der Waals surface area contributed by atoms with Crippen molar-refractivity contribution in [1.82, 2.24) is 24.6 Å². The lowest BCUT2D eigenvalue weighted by Gasteiger charge is -2.22. The van der Waals surface area contributed by atoms with Crippen LogP contribution in [-0.2, 0) is 6.54 Å². The molecule has 156 valence electrons. The van der Waals surface area contributed by atoms with Crippen molar-refractivity contribution in [1.29, 1.82) is 0 Å². The molecule has 0 atom stereocenters. The maximum Gasteiger partial charge on any atom is 0.255 e. The molecule has 6 nitrogen and oxygen atoms in total. The standard InChI is InChI=1S/C23H26ClN5O/c1-17-14-18(2)29(26-17)20-7-8-22(24)21(15-20)23(30)28-11-5-10-27(12-13-28)16-19-6-3-4-9-25-19/h3-4,6-9,14-15H,5,10-13,16H2,1-2H3. The van der Waals surface area contributed by atoms with Gasteiger partial charge in [0, 0.05) is 44.6 Å². The fourth-order valence-corrected chi connectivity index (χ4v) is 4.12. The molecule has 0 N–H and O–H groups in total. The van der Waals surface area contributed by atoms with Gasteiger partial charge >= 0.3 is 0 Å². The molecule has 1 fully saturated rings. The summed E-state index contributed by atoms with van der Waals surface area (Å²) in [5.74, 6) is -0.0249. The highest BCUT2D eigenvalue weighted by Crippen LogP contribution is 2.23. The minimum atomic E-state index is -0.0249. The highest BCUT2D eigenvalue weighted by molar-refractivity contribution is 6.33. The summed E-state index contributed by atoms with van der Waals surface area (Å²) in [6, 6.07) is 13.5. The molecular formula is C23H26ClN5O. The number of nitrogens with zero attached hydrogens (tertiary/aromatic N) is 5. The molecule has 0 aliphatic carbocycles. The molecule has 1 saturated heterocycles. The van der Waals surface area contributed by atoms with Crippen LogP contribution in [0.15, 0.2) is 48.7 Å². The van der Waals surface area contributed by atoms with Gasteiger partial charge < -0.3 is 4.90 Å². The lowest BCUT2D eigenvalue weighted by Crippen LogP contribution is -2.35. The first-order chi connectivity index (χ1) is 14.5. The summed E-state index contributed by atoms with van der Waals surface area (Å²) in [4.78, 5) is 22.0. The zero-order valence-corrected chi connectivity index (χ0v) is 18.1. The number of carbonyl (C=O) groups is 1. The Morgan fingerprint density at radius 2 is 1.93 bits per heavy atom. The fraction of sp³-hybridized carbons (Fsp3) is 0.348. The molecule has 30 heavy (non-hydrogen) atoms. The van der Waals surface area contributed by atoms with Crippen LogP contribution in [0.25, 0.3) is 5.69 Å². The summed E-state index contributed by atoms with van der Waals surface area (Å²) in [7, 11) is 0. The van der Waals surface area contributed by atoms with Crippen LogP contribution in [0.1, 0.15) is 33.9 Å². The summed E-state index contributed by atoms with van der Waals surface area (Å²) in [6.45, 7) is 7.92. The molecule has 1 aliphatic rings. The first kappa shape index (κ1) is 20.6. The van der Waals surface area contributed by atoms with E-state index in [-0.39, 0.29) is 5.91 Å². The maximum absolute atomic E-state index is 13.3. The first-order valence-electron chi connectivity index (χ1n) is 10.3. The van der Waals surface area contributed by atoms with E-state index in [0.717, 1.165) is 55.4 Å². The number of hydrogen-bond acceptors (Lipinski definition) is 4. The van der Waals surface area contributed by atoms with Gasteiger partial charge in [-0.25, -0.2) is 4.68 Å². The van der Waals surface area contributed by atoms with Crippen molar-refractivity contribution in [2.45, 2.75) is 26.8 Å². The summed E-state index contributed by atoms with van der Waals surface area (Å²) in [5.41, 5.74) is 4.39. The second kappa shape index (κ2) is 8.98. The number of rotatable bonds is 4. The van der Waals surface area contributed by atoms with Crippen molar-refractivity contribution in [3.63, 3.8) is 0 Å². The van der Waals surface area contributed by atoms with E-state index in [4.69, 9.17) is 11.6 Å². The Labute approximate surface area is 182 Å². The Bertz CT molecular complexity index is 1030. The number of benzene rings is 1. The van der Waals surface area contributed by atoms with Crippen molar-refractivity contribution in [3.8, 4) is 5.69 Å². The molecule has 7 heteroatoms. The quantitative estimate of drug-likeness (QED) is 0.639. The Hall–Kier alpha value is -2.70. The predicted molar refractivity (Wildman–Crippen MR) is 118 cm³/mol. The van der Waals surface area contributed by atoms with Gasteiger partial charge in [0.2, 0.25) is 0 Å². The van der Waals surface area contributed by atoms with Crippen molar-refractivity contribution < 1.29 is 4.79 Å². The van der Waals surface area contributed by atoms with Gasteiger partial charge in [0.25, 0.3) is 5.91 Å². The van der Waals surface area contributed by atoms with Crippen molar-refractivity contribution in [3.05, 3.63) is 76.3 Å². The molecule has 0 bridgehead atoms. The van der Waals surface area contributed by atoms with Gasteiger partial charge in [-0.15, -0.1) is 0 Å². The van der Waals surface area contributed by atoms with Gasteiger partial charge in [-0.3, -0.25) is 14.7 Å². The Morgan fingerprint density at radius 1 is 1.07 bits per heavy atom. The molecule has 0 saturated carbocycles. The van der Waals surface area contributed by atoms with Crippen molar-refractivity contribution in [2.75, 3.05) is 26.2 Å². The average molecular weight is 424 g/mol.